The first-order chi connectivity index (χ1) is 43.2. The highest BCUT2D eigenvalue weighted by Gasteiger charge is 2.29. The quantitative estimate of drug-likeness (QED) is 0.0146. The van der Waals surface area contributed by atoms with E-state index in [9.17, 15) is 43.5 Å². The van der Waals surface area contributed by atoms with Gasteiger partial charge in [-0.1, -0.05) is 248 Å². The molecule has 16 nitrogen and oxygen atoms in total. The minimum absolute atomic E-state index is 0.0948. The molecule has 0 aliphatic heterocycles. The van der Waals surface area contributed by atoms with E-state index >= 15 is 0 Å². The Morgan fingerprint density at radius 2 is 0.573 bits per heavy atom. The van der Waals surface area contributed by atoms with Gasteiger partial charge in [-0.2, -0.15) is 0 Å². The van der Waals surface area contributed by atoms with Crippen molar-refractivity contribution >= 4 is 33.6 Å². The van der Waals surface area contributed by atoms with Crippen molar-refractivity contribution < 1.29 is 75.8 Å². The van der Waals surface area contributed by atoms with E-state index in [0.29, 0.717) is 19.3 Å². The van der Waals surface area contributed by atoms with Gasteiger partial charge in [0.05, 0.1) is 26.4 Å². The topological polar surface area (TPSA) is 231 Å². The Labute approximate surface area is 541 Å². The summed E-state index contributed by atoms with van der Waals surface area (Å²) in [6.45, 7) is 2.59. The second kappa shape index (κ2) is 65.1. The van der Waals surface area contributed by atoms with Crippen molar-refractivity contribution in [1.29, 1.82) is 0 Å². The number of esters is 3. The number of allylic oxidation sites excluding steroid dienone is 12. The zero-order chi connectivity index (χ0) is 65.3. The molecule has 0 aromatic rings. The molecule has 18 heteroatoms. The molecule has 0 radical (unpaired) electrons. The molecule has 4 N–H and O–H groups in total. The Morgan fingerprint density at radius 3 is 0.955 bits per heavy atom. The number of hydrogen-bond donors (Lipinski definition) is 4. The largest absolute Gasteiger partial charge is 0.472 e. The number of aliphatic hydroxyl groups is 2. The number of phosphoric ester groups is 2. The van der Waals surface area contributed by atoms with Crippen molar-refractivity contribution in [2.45, 2.75) is 322 Å². The number of aliphatic hydroxyl groups excluding tert-OH is 2. The lowest BCUT2D eigenvalue weighted by molar-refractivity contribution is -0.161. The molecule has 0 rings (SSSR count). The molecule has 5 unspecified atom stereocenters. The van der Waals surface area contributed by atoms with E-state index < -0.39 is 91.5 Å². The van der Waals surface area contributed by atoms with E-state index in [4.69, 9.17) is 32.3 Å². The SMILES string of the molecule is CCCC/C=C\CCCCCCCC(=O)OC(COC(=O)CCCCCCC/C=C\CCCCCCCC)COP(=O)(O)OCC(O)COP(=O)(O)OCC(O)COC(=O)CCCCCCCCCCCCC/C=C\C/C=C\C/C=C\C/C=C\CCCCC. The Kier molecular flexibility index (Phi) is 62.9. The molecule has 89 heavy (non-hydrogen) atoms. The molecule has 518 valence electrons. The Morgan fingerprint density at radius 1 is 0.315 bits per heavy atom. The van der Waals surface area contributed by atoms with Crippen LogP contribution in [0.4, 0.5) is 0 Å². The molecule has 0 spiro atoms. The van der Waals surface area contributed by atoms with Crippen molar-refractivity contribution in [3.63, 3.8) is 0 Å². The van der Waals surface area contributed by atoms with Crippen LogP contribution in [0.3, 0.4) is 0 Å². The molecule has 0 saturated carbocycles. The lowest BCUT2D eigenvalue weighted by atomic mass is 10.0. The van der Waals surface area contributed by atoms with E-state index in [1.54, 1.807) is 0 Å². The first kappa shape index (κ1) is 86.0. The predicted molar refractivity (Wildman–Crippen MR) is 362 cm³/mol. The summed E-state index contributed by atoms with van der Waals surface area (Å²) in [5, 5.41) is 20.5. The summed E-state index contributed by atoms with van der Waals surface area (Å²) in [5.74, 6) is -1.59. The summed E-state index contributed by atoms with van der Waals surface area (Å²) in [5.41, 5.74) is 0. The molecule has 0 saturated heterocycles. The summed E-state index contributed by atoms with van der Waals surface area (Å²) in [7, 11) is -9.77. The number of phosphoric acid groups is 2. The minimum Gasteiger partial charge on any atom is -0.463 e. The van der Waals surface area contributed by atoms with Crippen LogP contribution in [0.1, 0.15) is 303 Å². The van der Waals surface area contributed by atoms with Crippen molar-refractivity contribution in [2.24, 2.45) is 0 Å². The third-order valence-electron chi connectivity index (χ3n) is 14.9. The molecular formula is C71H128O16P2. The minimum atomic E-state index is -4.92. The van der Waals surface area contributed by atoms with E-state index in [0.717, 1.165) is 122 Å². The third-order valence-corrected chi connectivity index (χ3v) is 16.8. The Bertz CT molecular complexity index is 1920. The van der Waals surface area contributed by atoms with Crippen LogP contribution in [0.5, 0.6) is 0 Å². The van der Waals surface area contributed by atoms with Crippen LogP contribution in [0, 0.1) is 0 Å². The second-order valence-electron chi connectivity index (χ2n) is 23.7. The van der Waals surface area contributed by atoms with Crippen LogP contribution in [-0.2, 0) is 55.8 Å². The molecule has 0 heterocycles. The number of carbonyl (C=O) groups is 3. The normalized spacial score (nSPS) is 14.6. The van der Waals surface area contributed by atoms with Crippen LogP contribution in [-0.4, -0.2) is 95.9 Å². The van der Waals surface area contributed by atoms with Crippen molar-refractivity contribution in [2.75, 3.05) is 39.6 Å². The average Bonchev–Trinajstić information content (AvgIpc) is 3.72. The molecular weight excluding hydrogens is 1170 g/mol. The summed E-state index contributed by atoms with van der Waals surface area (Å²) in [6, 6.07) is 0. The highest BCUT2D eigenvalue weighted by atomic mass is 31.2. The summed E-state index contributed by atoms with van der Waals surface area (Å²) < 4.78 is 60.8. The smallest absolute Gasteiger partial charge is 0.463 e. The van der Waals surface area contributed by atoms with Crippen LogP contribution in [0.25, 0.3) is 0 Å². The summed E-state index contributed by atoms with van der Waals surface area (Å²) in [4.78, 5) is 58.3. The van der Waals surface area contributed by atoms with Gasteiger partial charge in [0.2, 0.25) is 0 Å². The fourth-order valence-electron chi connectivity index (χ4n) is 9.41. The lowest BCUT2D eigenvalue weighted by Crippen LogP contribution is -2.30. The Balaban J connectivity index is 4.44. The average molecular weight is 1300 g/mol. The summed E-state index contributed by atoms with van der Waals surface area (Å²) in [6.07, 6.45) is 68.3. The molecule has 0 aliphatic rings. The van der Waals surface area contributed by atoms with Gasteiger partial charge < -0.3 is 34.2 Å². The van der Waals surface area contributed by atoms with Gasteiger partial charge in [0, 0.05) is 19.3 Å². The van der Waals surface area contributed by atoms with Crippen molar-refractivity contribution in [3.8, 4) is 0 Å². The fraction of sp³-hybridized carbons (Fsp3) is 0.789. The maximum absolute atomic E-state index is 12.8. The van der Waals surface area contributed by atoms with Crippen LogP contribution < -0.4 is 0 Å². The molecule has 0 fully saturated rings. The number of hydrogen-bond acceptors (Lipinski definition) is 14. The van der Waals surface area contributed by atoms with Gasteiger partial charge in [-0.15, -0.1) is 0 Å². The van der Waals surface area contributed by atoms with E-state index in [1.165, 1.54) is 122 Å². The first-order valence-electron chi connectivity index (χ1n) is 35.2. The molecule has 0 bridgehead atoms. The van der Waals surface area contributed by atoms with E-state index in [1.807, 2.05) is 0 Å². The van der Waals surface area contributed by atoms with Gasteiger partial charge >= 0.3 is 33.6 Å². The standard InChI is InChI=1S/C71H128O16P2/c1-4-7-10-13-16-19-22-24-26-27-28-29-30-31-32-33-34-35-36-37-39-41-43-45-48-51-54-57-69(74)81-60-66(72)61-83-88(77,78)84-62-67(73)63-85-89(79,80)86-65-68(87-71(76)59-56-53-50-47-42-21-18-15-12-9-6-3)64-82-70(75)58-55-52-49-46-44-40-38-25-23-20-17-14-11-8-5-2/h15-16,18-19,24-26,28-29,31-32,38,66-68,72-73H,4-14,17,20-23,27,30,33-37,39-65H2,1-3H3,(H,77,78)(H,79,80)/b18-15-,19-16-,26-24-,29-28-,32-31-,38-25-. The monoisotopic (exact) mass is 1300 g/mol. The van der Waals surface area contributed by atoms with Gasteiger partial charge in [0.25, 0.3) is 0 Å². The fourth-order valence-corrected chi connectivity index (χ4v) is 11.0. The number of ether oxygens (including phenoxy) is 3. The first-order valence-corrected chi connectivity index (χ1v) is 38.2. The molecule has 0 aromatic carbocycles. The van der Waals surface area contributed by atoms with E-state index in [-0.39, 0.29) is 19.3 Å². The molecule has 0 aromatic heterocycles. The molecule has 5 atom stereocenters. The van der Waals surface area contributed by atoms with Crippen LogP contribution in [0.15, 0.2) is 72.9 Å². The molecule has 0 aliphatic carbocycles. The zero-order valence-corrected chi connectivity index (χ0v) is 57.9. The highest BCUT2D eigenvalue weighted by molar-refractivity contribution is 7.47. The zero-order valence-electron chi connectivity index (χ0n) is 56.1. The number of unbranched alkanes of at least 4 members (excludes halogenated alkanes) is 32. The van der Waals surface area contributed by atoms with Crippen molar-refractivity contribution in [3.05, 3.63) is 72.9 Å². The van der Waals surface area contributed by atoms with Gasteiger partial charge in [-0.25, -0.2) is 9.13 Å². The van der Waals surface area contributed by atoms with Crippen molar-refractivity contribution in [1.82, 2.24) is 0 Å². The maximum Gasteiger partial charge on any atom is 0.472 e. The number of carbonyl (C=O) groups excluding carboxylic acids is 3. The second-order valence-corrected chi connectivity index (χ2v) is 26.6. The summed E-state index contributed by atoms with van der Waals surface area (Å²) >= 11 is 0. The van der Waals surface area contributed by atoms with Crippen LogP contribution >= 0.6 is 15.6 Å². The molecule has 0 amide bonds. The van der Waals surface area contributed by atoms with Gasteiger partial charge in [-0.05, 0) is 109 Å². The Hall–Kier alpha value is -3.01. The van der Waals surface area contributed by atoms with Gasteiger partial charge in [0.1, 0.15) is 25.4 Å². The van der Waals surface area contributed by atoms with Gasteiger partial charge in [-0.3, -0.25) is 32.5 Å². The number of rotatable bonds is 67. The van der Waals surface area contributed by atoms with E-state index in [2.05, 4.69) is 93.7 Å². The lowest BCUT2D eigenvalue weighted by Gasteiger charge is -2.21. The predicted octanol–water partition coefficient (Wildman–Crippen LogP) is 19.5. The maximum atomic E-state index is 12.8. The van der Waals surface area contributed by atoms with Crippen LogP contribution in [0.2, 0.25) is 0 Å². The van der Waals surface area contributed by atoms with Gasteiger partial charge in [0.15, 0.2) is 6.10 Å². The highest BCUT2D eigenvalue weighted by Crippen LogP contribution is 2.45. The third kappa shape index (κ3) is 66.3.